The largest absolute Gasteiger partial charge is 0.454 e. The molecular weight excluding hydrogens is 430 g/mol. The Hall–Kier alpha value is -3.20. The van der Waals surface area contributed by atoms with Crippen LogP contribution in [-0.2, 0) is 20.9 Å². The van der Waals surface area contributed by atoms with Crippen molar-refractivity contribution in [3.63, 3.8) is 0 Å². The average Bonchev–Trinajstić information content (AvgIpc) is 3.03. The van der Waals surface area contributed by atoms with Gasteiger partial charge < -0.3 is 14.5 Å². The van der Waals surface area contributed by atoms with Crippen LogP contribution in [0.25, 0.3) is 11.5 Å². The van der Waals surface area contributed by atoms with Gasteiger partial charge in [0, 0.05) is 10.0 Å². The lowest BCUT2D eigenvalue weighted by atomic mass is 10.2. The first-order valence-electron chi connectivity index (χ1n) is 8.27. The maximum absolute atomic E-state index is 12.0. The first kappa shape index (κ1) is 19.6. The Morgan fingerprint density at radius 1 is 1.21 bits per heavy atom. The molecule has 8 nitrogen and oxygen atoms in total. The lowest BCUT2D eigenvalue weighted by Crippen LogP contribution is -2.26. The predicted molar refractivity (Wildman–Crippen MR) is 105 cm³/mol. The van der Waals surface area contributed by atoms with E-state index >= 15 is 0 Å². The number of carbonyl (C=O) groups is 2. The van der Waals surface area contributed by atoms with Crippen molar-refractivity contribution in [2.75, 3.05) is 11.9 Å². The summed E-state index contributed by atoms with van der Waals surface area (Å²) in [5.74, 6) is -1.98. The van der Waals surface area contributed by atoms with Gasteiger partial charge in [-0.3, -0.25) is 9.59 Å². The fourth-order valence-corrected chi connectivity index (χ4v) is 2.92. The van der Waals surface area contributed by atoms with Crippen LogP contribution >= 0.6 is 15.9 Å². The summed E-state index contributed by atoms with van der Waals surface area (Å²) in [7, 11) is 0. The van der Waals surface area contributed by atoms with Gasteiger partial charge in [0.1, 0.15) is 6.54 Å². The van der Waals surface area contributed by atoms with Gasteiger partial charge in [-0.15, -0.1) is 5.10 Å². The van der Waals surface area contributed by atoms with Crippen molar-refractivity contribution >= 4 is 33.5 Å². The molecule has 1 N–H and O–H groups in total. The summed E-state index contributed by atoms with van der Waals surface area (Å²) in [4.78, 5) is 35.7. The van der Waals surface area contributed by atoms with Crippen LogP contribution in [-0.4, -0.2) is 28.3 Å². The number of hydrogen-bond donors (Lipinski definition) is 1. The number of esters is 1. The van der Waals surface area contributed by atoms with Gasteiger partial charge in [0.2, 0.25) is 5.89 Å². The van der Waals surface area contributed by atoms with Gasteiger partial charge in [0.15, 0.2) is 6.61 Å². The Kier molecular flexibility index (Phi) is 6.05. The van der Waals surface area contributed by atoms with Crippen molar-refractivity contribution in [3.05, 3.63) is 69.1 Å². The first-order chi connectivity index (χ1) is 13.4. The highest BCUT2D eigenvalue weighted by molar-refractivity contribution is 9.10. The fraction of sp³-hybridized carbons (Fsp3) is 0.158. The van der Waals surface area contributed by atoms with Crippen molar-refractivity contribution in [1.29, 1.82) is 0 Å². The molecule has 1 aromatic heterocycles. The molecule has 1 amide bonds. The van der Waals surface area contributed by atoms with Crippen LogP contribution in [0, 0.1) is 6.92 Å². The second kappa shape index (κ2) is 8.66. The molecule has 3 rings (SSSR count). The monoisotopic (exact) mass is 445 g/mol. The van der Waals surface area contributed by atoms with Crippen molar-refractivity contribution in [3.8, 4) is 11.5 Å². The van der Waals surface area contributed by atoms with Crippen LogP contribution < -0.4 is 11.1 Å². The van der Waals surface area contributed by atoms with E-state index in [1.807, 2.05) is 25.1 Å². The highest BCUT2D eigenvalue weighted by Crippen LogP contribution is 2.23. The molecule has 28 heavy (non-hydrogen) atoms. The zero-order valence-electron chi connectivity index (χ0n) is 14.8. The maximum Gasteiger partial charge on any atom is 0.437 e. The number of hydrogen-bond acceptors (Lipinski definition) is 6. The molecule has 0 spiro atoms. The Labute approximate surface area is 168 Å². The highest BCUT2D eigenvalue weighted by Gasteiger charge is 2.15. The van der Waals surface area contributed by atoms with Crippen LogP contribution in [0.4, 0.5) is 5.69 Å². The number of aryl methyl sites for hydroxylation is 1. The number of amides is 1. The molecule has 0 aliphatic rings. The molecule has 0 atom stereocenters. The Balaban J connectivity index is 1.55. The molecule has 0 radical (unpaired) electrons. The number of anilines is 1. The topological polar surface area (TPSA) is 103 Å². The van der Waals surface area contributed by atoms with E-state index < -0.39 is 30.8 Å². The summed E-state index contributed by atoms with van der Waals surface area (Å²) in [5, 5.41) is 6.59. The van der Waals surface area contributed by atoms with E-state index in [2.05, 4.69) is 26.3 Å². The van der Waals surface area contributed by atoms with E-state index in [0.29, 0.717) is 11.3 Å². The van der Waals surface area contributed by atoms with Crippen molar-refractivity contribution < 1.29 is 18.7 Å². The normalized spacial score (nSPS) is 10.5. The van der Waals surface area contributed by atoms with E-state index in [-0.39, 0.29) is 5.89 Å². The van der Waals surface area contributed by atoms with E-state index in [1.54, 1.807) is 30.3 Å². The molecule has 9 heteroatoms. The molecule has 144 valence electrons. The number of ether oxygens (including phenoxy) is 1. The number of nitrogens with one attached hydrogen (secondary N) is 1. The zero-order chi connectivity index (χ0) is 20.1. The molecule has 0 aliphatic carbocycles. The minimum absolute atomic E-state index is 0.0976. The van der Waals surface area contributed by atoms with Crippen LogP contribution in [0.15, 0.2) is 62.2 Å². The Morgan fingerprint density at radius 3 is 2.68 bits per heavy atom. The fourth-order valence-electron chi connectivity index (χ4n) is 2.33. The third kappa shape index (κ3) is 4.95. The molecule has 0 fully saturated rings. The van der Waals surface area contributed by atoms with Gasteiger partial charge in [-0.25, -0.2) is 4.79 Å². The molecule has 0 aliphatic heterocycles. The predicted octanol–water partition coefficient (Wildman–Crippen LogP) is 2.76. The average molecular weight is 446 g/mol. The van der Waals surface area contributed by atoms with Crippen LogP contribution in [0.2, 0.25) is 0 Å². The lowest BCUT2D eigenvalue weighted by Gasteiger charge is -2.08. The number of carbonyl (C=O) groups excluding carboxylic acids is 2. The number of nitrogens with zero attached hydrogens (tertiary/aromatic N) is 2. The second-order valence-corrected chi connectivity index (χ2v) is 6.74. The molecule has 3 aromatic rings. The molecule has 1 heterocycles. The van der Waals surface area contributed by atoms with Crippen LogP contribution in [0.1, 0.15) is 5.56 Å². The van der Waals surface area contributed by atoms with Gasteiger partial charge >= 0.3 is 11.7 Å². The van der Waals surface area contributed by atoms with Gasteiger partial charge in [0.25, 0.3) is 5.91 Å². The van der Waals surface area contributed by atoms with Crippen LogP contribution in [0.3, 0.4) is 0 Å². The summed E-state index contributed by atoms with van der Waals surface area (Å²) in [6, 6.07) is 14.2. The summed E-state index contributed by atoms with van der Waals surface area (Å²) < 4.78 is 11.5. The SMILES string of the molecule is Cc1ccc(NC(=O)COC(=O)Cn2nc(-c3ccccc3)oc2=O)c(Br)c1. The molecule has 2 aromatic carbocycles. The summed E-state index contributed by atoms with van der Waals surface area (Å²) in [6.45, 7) is 0.973. The summed E-state index contributed by atoms with van der Waals surface area (Å²) >= 11 is 3.35. The number of aromatic nitrogens is 2. The molecule has 0 bridgehead atoms. The van der Waals surface area contributed by atoms with Crippen molar-refractivity contribution in [2.24, 2.45) is 0 Å². The maximum atomic E-state index is 12.0. The van der Waals surface area contributed by atoms with E-state index in [0.717, 1.165) is 14.7 Å². The van der Waals surface area contributed by atoms with Crippen LogP contribution in [0.5, 0.6) is 0 Å². The first-order valence-corrected chi connectivity index (χ1v) is 9.06. The van der Waals surface area contributed by atoms with Gasteiger partial charge in [-0.05, 0) is 52.7 Å². The standard InChI is InChI=1S/C19H16BrN3O5/c1-12-7-8-15(14(20)9-12)21-16(24)11-27-17(25)10-23-19(26)28-18(22-23)13-5-3-2-4-6-13/h2-9H,10-11H2,1H3,(H,21,24). The molecule has 0 saturated carbocycles. The Bertz CT molecular complexity index is 1060. The minimum Gasteiger partial charge on any atom is -0.454 e. The molecular formula is C19H16BrN3O5. The van der Waals surface area contributed by atoms with Gasteiger partial charge in [-0.2, -0.15) is 4.68 Å². The van der Waals surface area contributed by atoms with Gasteiger partial charge in [0.05, 0.1) is 5.69 Å². The Morgan fingerprint density at radius 2 is 1.96 bits per heavy atom. The summed E-state index contributed by atoms with van der Waals surface area (Å²) in [6.07, 6.45) is 0. The lowest BCUT2D eigenvalue weighted by molar-refractivity contribution is -0.148. The molecule has 0 saturated heterocycles. The quantitative estimate of drug-likeness (QED) is 0.585. The highest BCUT2D eigenvalue weighted by atomic mass is 79.9. The van der Waals surface area contributed by atoms with Crippen molar-refractivity contribution in [1.82, 2.24) is 9.78 Å². The van der Waals surface area contributed by atoms with Crippen molar-refractivity contribution in [2.45, 2.75) is 13.5 Å². The number of benzene rings is 2. The van der Waals surface area contributed by atoms with E-state index in [1.165, 1.54) is 0 Å². The van der Waals surface area contributed by atoms with E-state index in [4.69, 9.17) is 9.15 Å². The summed E-state index contributed by atoms with van der Waals surface area (Å²) in [5.41, 5.74) is 2.20. The number of halogens is 1. The zero-order valence-corrected chi connectivity index (χ0v) is 16.4. The number of rotatable bonds is 6. The third-order valence-corrected chi connectivity index (χ3v) is 4.32. The third-order valence-electron chi connectivity index (χ3n) is 3.67. The smallest absolute Gasteiger partial charge is 0.437 e. The second-order valence-electron chi connectivity index (χ2n) is 5.89. The van der Waals surface area contributed by atoms with Gasteiger partial charge in [-0.1, -0.05) is 24.3 Å². The minimum atomic E-state index is -0.788. The van der Waals surface area contributed by atoms with E-state index in [9.17, 15) is 14.4 Å². The molecule has 0 unspecified atom stereocenters.